The molecule has 0 unspecified atom stereocenters. The predicted octanol–water partition coefficient (Wildman–Crippen LogP) is 18.8. The number of nitrogens with zero attached hydrogens (tertiary/aromatic N) is 2. The zero-order valence-corrected chi connectivity index (χ0v) is 38.0. The number of hydrogen-bond acceptors (Lipinski definition) is 1. The maximum absolute atomic E-state index is 2.52. The minimum Gasteiger partial charge on any atom is -0.309 e. The fraction of sp³-hybridized carbons (Fsp3) is 0.0909. The summed E-state index contributed by atoms with van der Waals surface area (Å²) in [6, 6.07) is 87.9. The van der Waals surface area contributed by atoms with Crippen LogP contribution in [0.3, 0.4) is 0 Å². The number of fused-ring (bicyclic) bond motifs is 7. The van der Waals surface area contributed by atoms with Gasteiger partial charge in [0.05, 0.1) is 22.4 Å². The van der Waals surface area contributed by atoms with Crippen LogP contribution >= 0.6 is 0 Å². The van der Waals surface area contributed by atoms with E-state index in [9.17, 15) is 0 Å². The second-order valence-electron chi connectivity index (χ2n) is 18.6. The van der Waals surface area contributed by atoms with Crippen LogP contribution in [0.2, 0.25) is 0 Å². The molecule has 1 aliphatic rings. The van der Waals surface area contributed by atoms with Crippen molar-refractivity contribution in [2.45, 2.75) is 38.0 Å². The molecule has 1 aliphatic carbocycles. The van der Waals surface area contributed by atoms with Gasteiger partial charge < -0.3 is 9.47 Å². The molecule has 68 heavy (non-hydrogen) atoms. The molecule has 0 radical (unpaired) electrons. The summed E-state index contributed by atoms with van der Waals surface area (Å²) in [5.41, 5.74) is 15.7. The molecule has 13 rings (SSSR count). The van der Waals surface area contributed by atoms with E-state index in [0.717, 1.165) is 22.7 Å². The summed E-state index contributed by atoms with van der Waals surface area (Å²) in [5.74, 6) is 0.570. The van der Waals surface area contributed by atoms with E-state index < -0.39 is 0 Å². The van der Waals surface area contributed by atoms with Crippen LogP contribution in [0.15, 0.2) is 237 Å². The number of para-hydroxylation sites is 4. The Morgan fingerprint density at radius 3 is 1.74 bits per heavy atom. The van der Waals surface area contributed by atoms with E-state index in [4.69, 9.17) is 0 Å². The zero-order valence-electron chi connectivity index (χ0n) is 38.0. The van der Waals surface area contributed by atoms with Crippen molar-refractivity contribution in [3.63, 3.8) is 0 Å². The highest BCUT2D eigenvalue weighted by molar-refractivity contribution is 6.14. The molecular formula is C66H50N2. The van der Waals surface area contributed by atoms with Crippen molar-refractivity contribution in [2.24, 2.45) is 0 Å². The van der Waals surface area contributed by atoms with E-state index in [2.05, 4.69) is 246 Å². The molecule has 0 aliphatic heterocycles. The molecule has 0 spiro atoms. The molecule has 0 atom stereocenters. The maximum atomic E-state index is 2.52. The van der Waals surface area contributed by atoms with Crippen LogP contribution in [0, 0.1) is 0 Å². The summed E-state index contributed by atoms with van der Waals surface area (Å²) in [6.07, 6.45) is 6.44. The zero-order chi connectivity index (χ0) is 45.0. The van der Waals surface area contributed by atoms with Gasteiger partial charge in [0.1, 0.15) is 0 Å². The topological polar surface area (TPSA) is 8.17 Å². The highest BCUT2D eigenvalue weighted by atomic mass is 15.1. The summed E-state index contributed by atoms with van der Waals surface area (Å²) in [7, 11) is 0. The average Bonchev–Trinajstić information content (AvgIpc) is 3.75. The van der Waals surface area contributed by atoms with Gasteiger partial charge in [0.25, 0.3) is 0 Å². The summed E-state index contributed by atoms with van der Waals surface area (Å²) in [6.45, 7) is 0. The molecular weight excluding hydrogens is 821 g/mol. The molecule has 1 aromatic heterocycles. The van der Waals surface area contributed by atoms with Crippen LogP contribution in [0.4, 0.5) is 17.1 Å². The first-order valence-electron chi connectivity index (χ1n) is 24.4. The Morgan fingerprint density at radius 2 is 0.926 bits per heavy atom. The van der Waals surface area contributed by atoms with Crippen molar-refractivity contribution < 1.29 is 0 Å². The number of hydrogen-bond donors (Lipinski definition) is 0. The van der Waals surface area contributed by atoms with E-state index in [1.54, 1.807) is 0 Å². The Morgan fingerprint density at radius 1 is 0.353 bits per heavy atom. The van der Waals surface area contributed by atoms with Gasteiger partial charge in [0.15, 0.2) is 0 Å². The summed E-state index contributed by atoms with van der Waals surface area (Å²) in [5, 5.41) is 10.3. The number of benzene rings is 11. The van der Waals surface area contributed by atoms with E-state index in [0.29, 0.717) is 5.92 Å². The lowest BCUT2D eigenvalue weighted by Gasteiger charge is -2.31. The third-order valence-electron chi connectivity index (χ3n) is 14.8. The predicted molar refractivity (Wildman–Crippen MR) is 290 cm³/mol. The van der Waals surface area contributed by atoms with Crippen molar-refractivity contribution in [3.05, 3.63) is 242 Å². The van der Waals surface area contributed by atoms with Crippen LogP contribution in [-0.4, -0.2) is 4.57 Å². The van der Waals surface area contributed by atoms with Crippen LogP contribution < -0.4 is 4.90 Å². The Balaban J connectivity index is 1.01. The highest BCUT2D eigenvalue weighted by Crippen LogP contribution is 2.49. The van der Waals surface area contributed by atoms with Gasteiger partial charge in [0.2, 0.25) is 0 Å². The van der Waals surface area contributed by atoms with Crippen LogP contribution in [-0.2, 0) is 0 Å². The van der Waals surface area contributed by atoms with Gasteiger partial charge in [-0.2, -0.15) is 0 Å². The summed E-state index contributed by atoms with van der Waals surface area (Å²) in [4.78, 5) is 2.52. The average molecular weight is 871 g/mol. The highest BCUT2D eigenvalue weighted by Gasteiger charge is 2.25. The van der Waals surface area contributed by atoms with E-state index in [1.165, 1.54) is 125 Å². The molecule has 0 amide bonds. The molecule has 2 heteroatoms. The smallest absolute Gasteiger partial charge is 0.0547 e. The molecule has 0 N–H and O–H groups in total. The maximum Gasteiger partial charge on any atom is 0.0547 e. The molecule has 2 nitrogen and oxygen atoms in total. The number of aromatic nitrogens is 1. The minimum atomic E-state index is 0.570. The lowest BCUT2D eigenvalue weighted by molar-refractivity contribution is 0.445. The third kappa shape index (κ3) is 6.78. The summed E-state index contributed by atoms with van der Waals surface area (Å²) < 4.78 is 2.40. The Hall–Kier alpha value is -8.20. The number of anilines is 3. The summed E-state index contributed by atoms with van der Waals surface area (Å²) >= 11 is 0. The first-order valence-corrected chi connectivity index (χ1v) is 24.4. The standard InChI is InChI=1S/C66H50N2/c1-3-18-46(19-4-1)53-29-15-21-48-22-16-32-61(66(48)53)59-28-11-14-35-64(59)67(62-33-12-9-26-57(62)55-31-17-30-54-52-25-8-7-20-47(52)38-42-56(54)55)51-40-36-45(37-41-51)49-39-43-60-58-27-10-13-34-63(58)68(65(60)44-49)50-23-5-2-6-24-50/h2,5-17,20-44,46H,1,3-4,18-19H2. The molecule has 11 aromatic carbocycles. The second kappa shape index (κ2) is 16.9. The quantitative estimate of drug-likeness (QED) is 0.138. The molecule has 12 aromatic rings. The first kappa shape index (κ1) is 40.1. The molecule has 0 bridgehead atoms. The lowest BCUT2D eigenvalue weighted by Crippen LogP contribution is -2.12. The molecule has 1 saturated carbocycles. The Labute approximate surface area is 398 Å². The van der Waals surface area contributed by atoms with Crippen molar-refractivity contribution in [1.82, 2.24) is 4.57 Å². The van der Waals surface area contributed by atoms with Gasteiger partial charge in [-0.3, -0.25) is 0 Å². The van der Waals surface area contributed by atoms with Gasteiger partial charge >= 0.3 is 0 Å². The van der Waals surface area contributed by atoms with Gasteiger partial charge in [-0.25, -0.2) is 0 Å². The first-order chi connectivity index (χ1) is 33.8. The van der Waals surface area contributed by atoms with Crippen molar-refractivity contribution in [2.75, 3.05) is 4.90 Å². The van der Waals surface area contributed by atoms with Crippen molar-refractivity contribution in [1.29, 1.82) is 0 Å². The van der Waals surface area contributed by atoms with E-state index >= 15 is 0 Å². The van der Waals surface area contributed by atoms with E-state index in [-0.39, 0.29) is 0 Å². The lowest BCUT2D eigenvalue weighted by atomic mass is 9.80. The molecule has 1 heterocycles. The normalized spacial score (nSPS) is 13.2. The van der Waals surface area contributed by atoms with Crippen LogP contribution in [0.1, 0.15) is 43.6 Å². The monoisotopic (exact) mass is 870 g/mol. The van der Waals surface area contributed by atoms with Gasteiger partial charge in [-0.15, -0.1) is 0 Å². The molecule has 324 valence electrons. The fourth-order valence-electron chi connectivity index (χ4n) is 11.6. The number of rotatable bonds is 8. The minimum absolute atomic E-state index is 0.570. The fourth-order valence-corrected chi connectivity index (χ4v) is 11.6. The largest absolute Gasteiger partial charge is 0.309 e. The Bertz CT molecular complexity index is 3830. The van der Waals surface area contributed by atoms with Crippen LogP contribution in [0.25, 0.3) is 93.2 Å². The second-order valence-corrected chi connectivity index (χ2v) is 18.6. The van der Waals surface area contributed by atoms with E-state index in [1.807, 2.05) is 0 Å². The molecule has 0 saturated heterocycles. The molecule has 1 fully saturated rings. The van der Waals surface area contributed by atoms with Gasteiger partial charge in [0, 0.05) is 33.3 Å². The van der Waals surface area contributed by atoms with Gasteiger partial charge in [-0.05, 0) is 127 Å². The van der Waals surface area contributed by atoms with Crippen molar-refractivity contribution in [3.8, 4) is 39.1 Å². The Kier molecular flexibility index (Phi) is 9.97. The van der Waals surface area contributed by atoms with Crippen LogP contribution in [0.5, 0.6) is 0 Å². The van der Waals surface area contributed by atoms with Crippen molar-refractivity contribution >= 4 is 71.2 Å². The third-order valence-corrected chi connectivity index (χ3v) is 14.8. The SMILES string of the molecule is c1ccc(-n2c3ccccc3c3ccc(-c4ccc(N(c5ccccc5-c5cccc6c5ccc5ccccc56)c5ccccc5-c5cccc6cccc(C7CCCCC7)c56)cc4)cc32)cc1. The van der Waals surface area contributed by atoms with Gasteiger partial charge in [-0.1, -0.05) is 207 Å².